The Balaban J connectivity index is 1.62. The zero-order valence-corrected chi connectivity index (χ0v) is 15.4. The van der Waals surface area contributed by atoms with E-state index in [-0.39, 0.29) is 29.4 Å². The molecule has 0 radical (unpaired) electrons. The van der Waals surface area contributed by atoms with Crippen LogP contribution in [0, 0.1) is 17.0 Å². The fourth-order valence-corrected chi connectivity index (χ4v) is 2.61. The Morgan fingerprint density at radius 1 is 1.17 bits per heavy atom. The number of phenols is 2. The summed E-state index contributed by atoms with van der Waals surface area (Å²) in [6.45, 7) is 1.74. The number of carbonyl (C=O) groups is 1. The van der Waals surface area contributed by atoms with E-state index in [1.165, 1.54) is 36.4 Å². The van der Waals surface area contributed by atoms with Gasteiger partial charge in [-0.15, -0.1) is 0 Å². The maximum absolute atomic E-state index is 12.1. The summed E-state index contributed by atoms with van der Waals surface area (Å²) in [6.07, 6.45) is 2.70. The zero-order chi connectivity index (χ0) is 21.0. The molecule has 0 amide bonds. The third-order valence-corrected chi connectivity index (χ3v) is 4.07. The van der Waals surface area contributed by atoms with Crippen molar-refractivity contribution in [2.24, 2.45) is 0 Å². The number of phenolic OH excluding ortho intramolecular Hbond substituents is 2. The number of ether oxygens (including phenoxy) is 1. The highest BCUT2D eigenvalue weighted by atomic mass is 16.6. The van der Waals surface area contributed by atoms with E-state index in [2.05, 4.69) is 0 Å². The number of hydrogen-bond acceptors (Lipinski definition) is 7. The van der Waals surface area contributed by atoms with E-state index >= 15 is 0 Å². The van der Waals surface area contributed by atoms with E-state index < -0.39 is 10.7 Å². The van der Waals surface area contributed by atoms with Crippen LogP contribution >= 0.6 is 0 Å². The van der Waals surface area contributed by atoms with Crippen molar-refractivity contribution in [1.29, 1.82) is 0 Å². The van der Waals surface area contributed by atoms with Crippen LogP contribution in [-0.2, 0) is 6.61 Å². The summed E-state index contributed by atoms with van der Waals surface area (Å²) in [7, 11) is 0. The van der Waals surface area contributed by atoms with Crippen molar-refractivity contribution in [3.05, 3.63) is 87.4 Å². The van der Waals surface area contributed by atoms with Gasteiger partial charge in [0.2, 0.25) is 0 Å². The first-order valence-corrected chi connectivity index (χ1v) is 8.54. The van der Waals surface area contributed by atoms with Crippen LogP contribution in [0.25, 0.3) is 6.08 Å². The van der Waals surface area contributed by atoms with E-state index in [9.17, 15) is 25.1 Å². The van der Waals surface area contributed by atoms with E-state index in [1.807, 2.05) is 0 Å². The average molecular weight is 395 g/mol. The van der Waals surface area contributed by atoms with Crippen molar-refractivity contribution in [2.45, 2.75) is 13.5 Å². The van der Waals surface area contributed by atoms with E-state index in [0.717, 1.165) is 6.07 Å². The lowest BCUT2D eigenvalue weighted by atomic mass is 10.1. The summed E-state index contributed by atoms with van der Waals surface area (Å²) < 4.78 is 11.1. The predicted octanol–water partition coefficient (Wildman–Crippen LogP) is 4.38. The second-order valence-corrected chi connectivity index (χ2v) is 6.20. The first-order valence-electron chi connectivity index (χ1n) is 8.54. The van der Waals surface area contributed by atoms with Crippen LogP contribution in [0.5, 0.6) is 17.2 Å². The molecule has 2 N–H and O–H groups in total. The van der Waals surface area contributed by atoms with Gasteiger partial charge < -0.3 is 19.4 Å². The minimum atomic E-state index is -0.455. The predicted molar refractivity (Wildman–Crippen MR) is 104 cm³/mol. The van der Waals surface area contributed by atoms with Gasteiger partial charge in [0, 0.05) is 17.7 Å². The van der Waals surface area contributed by atoms with Crippen LogP contribution in [0.1, 0.15) is 27.4 Å². The highest BCUT2D eigenvalue weighted by Crippen LogP contribution is 2.25. The summed E-state index contributed by atoms with van der Waals surface area (Å²) in [6, 6.07) is 11.5. The van der Waals surface area contributed by atoms with Crippen LogP contribution in [0.2, 0.25) is 0 Å². The van der Waals surface area contributed by atoms with Gasteiger partial charge in [0.25, 0.3) is 5.69 Å². The van der Waals surface area contributed by atoms with Gasteiger partial charge in [-0.25, -0.2) is 0 Å². The number of allylic oxidation sites excluding steroid dienone is 1. The van der Waals surface area contributed by atoms with Crippen LogP contribution < -0.4 is 4.74 Å². The molecule has 3 aromatic rings. The molecular formula is C21H17NO7. The van der Waals surface area contributed by atoms with Gasteiger partial charge in [-0.3, -0.25) is 14.9 Å². The molecule has 0 bridgehead atoms. The number of carbonyl (C=O) groups excluding carboxylic acids is 1. The summed E-state index contributed by atoms with van der Waals surface area (Å²) >= 11 is 0. The fourth-order valence-electron chi connectivity index (χ4n) is 2.61. The lowest BCUT2D eigenvalue weighted by Gasteiger charge is -2.05. The highest BCUT2D eigenvalue weighted by Gasteiger charge is 2.12. The molecule has 0 aliphatic carbocycles. The molecule has 3 rings (SSSR count). The van der Waals surface area contributed by atoms with Crippen LogP contribution in [0.4, 0.5) is 5.69 Å². The summed E-state index contributed by atoms with van der Waals surface area (Å²) in [5, 5.41) is 29.8. The smallest absolute Gasteiger partial charge is 0.272 e. The molecule has 8 heteroatoms. The van der Waals surface area contributed by atoms with Crippen molar-refractivity contribution >= 4 is 17.5 Å². The topological polar surface area (TPSA) is 123 Å². The van der Waals surface area contributed by atoms with Crippen molar-refractivity contribution in [1.82, 2.24) is 0 Å². The summed E-state index contributed by atoms with van der Waals surface area (Å²) in [5.74, 6) is 0.488. The van der Waals surface area contributed by atoms with Crippen LogP contribution in [0.3, 0.4) is 0 Å². The molecule has 8 nitrogen and oxygen atoms in total. The molecule has 1 heterocycles. The Morgan fingerprint density at radius 3 is 2.66 bits per heavy atom. The average Bonchev–Trinajstić information content (AvgIpc) is 3.12. The first-order chi connectivity index (χ1) is 13.8. The second-order valence-electron chi connectivity index (χ2n) is 6.20. The molecule has 0 spiro atoms. The second kappa shape index (κ2) is 8.30. The summed E-state index contributed by atoms with van der Waals surface area (Å²) in [5.41, 5.74) is 0.571. The third-order valence-electron chi connectivity index (χ3n) is 4.07. The number of hydrogen-bond donors (Lipinski definition) is 2. The van der Waals surface area contributed by atoms with Gasteiger partial charge in [0.15, 0.2) is 5.78 Å². The van der Waals surface area contributed by atoms with Crippen molar-refractivity contribution < 1.29 is 29.1 Å². The number of nitro groups is 1. The maximum Gasteiger partial charge on any atom is 0.272 e. The number of rotatable bonds is 7. The lowest BCUT2D eigenvalue weighted by molar-refractivity contribution is -0.385. The highest BCUT2D eigenvalue weighted by molar-refractivity contribution is 6.08. The molecule has 0 unspecified atom stereocenters. The number of nitro benzene ring substituents is 1. The largest absolute Gasteiger partial charge is 0.508 e. The van der Waals surface area contributed by atoms with Crippen molar-refractivity contribution in [3.8, 4) is 17.2 Å². The molecule has 29 heavy (non-hydrogen) atoms. The third kappa shape index (κ3) is 4.81. The van der Waals surface area contributed by atoms with E-state index in [0.29, 0.717) is 22.8 Å². The standard InChI is InChI=1S/C21H17NO7/c1-13-10-16(5-8-19(13)22(26)27)28-12-17-4-3-15(29-17)6-9-20(24)18-7-2-14(23)11-21(18)25/h2-11,23,25H,12H2,1H3/b9-6+. The van der Waals surface area contributed by atoms with E-state index in [1.54, 1.807) is 25.1 Å². The molecule has 0 aliphatic rings. The molecule has 0 aliphatic heterocycles. The Labute approximate surface area is 165 Å². The number of furan rings is 1. The number of benzene rings is 2. The van der Waals surface area contributed by atoms with Crippen molar-refractivity contribution in [2.75, 3.05) is 0 Å². The van der Waals surface area contributed by atoms with Gasteiger partial charge >= 0.3 is 0 Å². The molecule has 0 fully saturated rings. The molecular weight excluding hydrogens is 378 g/mol. The van der Waals surface area contributed by atoms with E-state index in [4.69, 9.17) is 9.15 Å². The first kappa shape index (κ1) is 19.7. The summed E-state index contributed by atoms with van der Waals surface area (Å²) in [4.78, 5) is 22.5. The molecule has 0 saturated heterocycles. The molecule has 0 atom stereocenters. The minimum Gasteiger partial charge on any atom is -0.508 e. The minimum absolute atomic E-state index is 0.0205. The molecule has 0 saturated carbocycles. The number of ketones is 1. The van der Waals surface area contributed by atoms with Gasteiger partial charge in [0.1, 0.15) is 35.4 Å². The fraction of sp³-hybridized carbons (Fsp3) is 0.0952. The van der Waals surface area contributed by atoms with Gasteiger partial charge in [-0.1, -0.05) is 0 Å². The number of nitrogens with zero attached hydrogens (tertiary/aromatic N) is 1. The zero-order valence-electron chi connectivity index (χ0n) is 15.4. The van der Waals surface area contributed by atoms with Gasteiger partial charge in [0.05, 0.1) is 10.5 Å². The lowest BCUT2D eigenvalue weighted by Crippen LogP contribution is -1.96. The Bertz CT molecular complexity index is 1100. The Kier molecular flexibility index (Phi) is 5.64. The number of aryl methyl sites for hydroxylation is 1. The van der Waals surface area contributed by atoms with Crippen LogP contribution in [0.15, 0.2) is 59.0 Å². The van der Waals surface area contributed by atoms with Crippen molar-refractivity contribution in [3.63, 3.8) is 0 Å². The monoisotopic (exact) mass is 395 g/mol. The van der Waals surface area contributed by atoms with Crippen LogP contribution in [-0.4, -0.2) is 20.9 Å². The van der Waals surface area contributed by atoms with Gasteiger partial charge in [-0.05, 0) is 55.5 Å². The molecule has 2 aromatic carbocycles. The Morgan fingerprint density at radius 2 is 1.97 bits per heavy atom. The molecule has 148 valence electrons. The quantitative estimate of drug-likeness (QED) is 0.263. The normalized spacial score (nSPS) is 10.9. The number of aromatic hydroxyl groups is 2. The maximum atomic E-state index is 12.1. The Hall–Kier alpha value is -4.07. The molecule has 1 aromatic heterocycles. The van der Waals surface area contributed by atoms with Gasteiger partial charge in [-0.2, -0.15) is 0 Å². The SMILES string of the molecule is Cc1cc(OCc2ccc(/C=C/C(=O)c3ccc(O)cc3O)o2)ccc1[N+](=O)[O-].